The van der Waals surface area contributed by atoms with E-state index in [1.807, 2.05) is 24.3 Å². The lowest BCUT2D eigenvalue weighted by atomic mass is 10.2. The largest absolute Gasteiger partial charge is 0.383 e. The number of para-hydroxylation sites is 1. The highest BCUT2D eigenvalue weighted by Crippen LogP contribution is 2.23. The second kappa shape index (κ2) is 10.4. The molecular weight excluding hydrogens is 410 g/mol. The molecule has 0 saturated carbocycles. The minimum absolute atomic E-state index is 0.0126. The summed E-state index contributed by atoms with van der Waals surface area (Å²) in [6.45, 7) is 0.996. The molecule has 0 aliphatic carbocycles. The summed E-state index contributed by atoms with van der Waals surface area (Å²) in [5.41, 5.74) is 1.17. The van der Waals surface area contributed by atoms with E-state index in [0.29, 0.717) is 58.5 Å². The van der Waals surface area contributed by atoms with Crippen molar-refractivity contribution in [1.29, 1.82) is 0 Å². The fraction of sp³-hybridized carbons (Fsp3) is 0.286. The van der Waals surface area contributed by atoms with E-state index in [2.05, 4.69) is 10.3 Å². The standard InChI is InChI=1S/C21H22ClN3O3S/c1-28-12-11-23-19(26)10-5-13-29-21-24-18-9-3-2-8-17(18)20(27)25(21)16-7-4-6-15(22)14-16/h2-4,6-9,14H,5,10-13H2,1H3,(H,23,26). The number of benzene rings is 2. The van der Waals surface area contributed by atoms with Crippen LogP contribution in [0.1, 0.15) is 12.8 Å². The van der Waals surface area contributed by atoms with E-state index in [0.717, 1.165) is 0 Å². The van der Waals surface area contributed by atoms with Crippen LogP contribution in [-0.4, -0.2) is 41.5 Å². The fourth-order valence-electron chi connectivity index (χ4n) is 2.83. The van der Waals surface area contributed by atoms with E-state index < -0.39 is 0 Å². The summed E-state index contributed by atoms with van der Waals surface area (Å²) in [6.07, 6.45) is 1.08. The number of ether oxygens (including phenoxy) is 1. The molecule has 1 aromatic heterocycles. The molecule has 6 nitrogen and oxygen atoms in total. The molecule has 1 N–H and O–H groups in total. The first-order chi connectivity index (χ1) is 14.1. The summed E-state index contributed by atoms with van der Waals surface area (Å²) >= 11 is 7.59. The molecule has 0 unspecified atom stereocenters. The Labute approximate surface area is 178 Å². The summed E-state index contributed by atoms with van der Waals surface area (Å²) < 4.78 is 6.50. The summed E-state index contributed by atoms with van der Waals surface area (Å²) in [4.78, 5) is 29.6. The minimum atomic E-state index is -0.141. The molecule has 1 heterocycles. The van der Waals surface area contributed by atoms with Gasteiger partial charge in [-0.15, -0.1) is 0 Å². The Balaban J connectivity index is 1.80. The Bertz CT molecular complexity index is 1050. The van der Waals surface area contributed by atoms with Gasteiger partial charge in [-0.05, 0) is 36.8 Å². The third kappa shape index (κ3) is 5.59. The highest BCUT2D eigenvalue weighted by molar-refractivity contribution is 7.99. The van der Waals surface area contributed by atoms with Gasteiger partial charge in [0.2, 0.25) is 5.91 Å². The number of thioether (sulfide) groups is 1. The zero-order valence-corrected chi connectivity index (χ0v) is 17.6. The number of halogens is 1. The molecule has 152 valence electrons. The fourth-order valence-corrected chi connectivity index (χ4v) is 3.97. The Hall–Kier alpha value is -2.35. The first kappa shape index (κ1) is 21.4. The normalized spacial score (nSPS) is 11.0. The second-order valence-electron chi connectivity index (χ2n) is 6.33. The van der Waals surface area contributed by atoms with Crippen molar-refractivity contribution in [3.63, 3.8) is 0 Å². The van der Waals surface area contributed by atoms with Crippen LogP contribution in [0.5, 0.6) is 0 Å². The predicted molar refractivity (Wildman–Crippen MR) is 117 cm³/mol. The molecule has 0 atom stereocenters. The van der Waals surface area contributed by atoms with Crippen LogP contribution in [-0.2, 0) is 9.53 Å². The van der Waals surface area contributed by atoms with E-state index >= 15 is 0 Å². The number of methoxy groups -OCH3 is 1. The monoisotopic (exact) mass is 431 g/mol. The maximum atomic E-state index is 13.1. The molecule has 0 radical (unpaired) electrons. The van der Waals surface area contributed by atoms with Gasteiger partial charge in [-0.1, -0.05) is 41.6 Å². The van der Waals surface area contributed by atoms with Crippen LogP contribution in [0, 0.1) is 0 Å². The third-order valence-corrected chi connectivity index (χ3v) is 5.48. The highest BCUT2D eigenvalue weighted by atomic mass is 35.5. The highest BCUT2D eigenvalue weighted by Gasteiger charge is 2.13. The van der Waals surface area contributed by atoms with Crippen LogP contribution in [0.3, 0.4) is 0 Å². The number of amides is 1. The van der Waals surface area contributed by atoms with Gasteiger partial charge in [-0.3, -0.25) is 14.2 Å². The van der Waals surface area contributed by atoms with Crippen molar-refractivity contribution >= 4 is 40.2 Å². The smallest absolute Gasteiger partial charge is 0.266 e. The van der Waals surface area contributed by atoms with Crippen LogP contribution >= 0.6 is 23.4 Å². The lowest BCUT2D eigenvalue weighted by Gasteiger charge is -2.13. The number of carbonyl (C=O) groups is 1. The summed E-state index contributed by atoms with van der Waals surface area (Å²) in [5, 5.41) is 4.48. The van der Waals surface area contributed by atoms with Gasteiger partial charge < -0.3 is 10.1 Å². The van der Waals surface area contributed by atoms with Crippen LogP contribution in [0.4, 0.5) is 0 Å². The zero-order valence-electron chi connectivity index (χ0n) is 16.1. The molecule has 0 bridgehead atoms. The van der Waals surface area contributed by atoms with Gasteiger partial charge >= 0.3 is 0 Å². The number of fused-ring (bicyclic) bond motifs is 1. The molecule has 3 rings (SSSR count). The quantitative estimate of drug-likeness (QED) is 0.318. The SMILES string of the molecule is COCCNC(=O)CCCSc1nc2ccccc2c(=O)n1-c1cccc(Cl)c1. The summed E-state index contributed by atoms with van der Waals surface area (Å²) in [7, 11) is 1.60. The van der Waals surface area contributed by atoms with E-state index in [1.54, 1.807) is 35.9 Å². The van der Waals surface area contributed by atoms with Crippen LogP contribution in [0.15, 0.2) is 58.5 Å². The van der Waals surface area contributed by atoms with Crippen molar-refractivity contribution in [3.05, 3.63) is 63.9 Å². The molecule has 0 aliphatic heterocycles. The van der Waals surface area contributed by atoms with Gasteiger partial charge in [0.05, 0.1) is 23.2 Å². The second-order valence-corrected chi connectivity index (χ2v) is 7.83. The third-order valence-electron chi connectivity index (χ3n) is 4.22. The van der Waals surface area contributed by atoms with E-state index in [1.165, 1.54) is 11.8 Å². The first-order valence-electron chi connectivity index (χ1n) is 9.26. The van der Waals surface area contributed by atoms with Gasteiger partial charge in [0, 0.05) is 30.9 Å². The molecule has 29 heavy (non-hydrogen) atoms. The zero-order chi connectivity index (χ0) is 20.6. The molecule has 8 heteroatoms. The van der Waals surface area contributed by atoms with Gasteiger partial charge in [0.15, 0.2) is 5.16 Å². The van der Waals surface area contributed by atoms with Crippen molar-refractivity contribution < 1.29 is 9.53 Å². The lowest BCUT2D eigenvalue weighted by Crippen LogP contribution is -2.26. The summed E-state index contributed by atoms with van der Waals surface area (Å²) in [6, 6.07) is 14.4. The average Bonchev–Trinajstić information content (AvgIpc) is 2.71. The van der Waals surface area contributed by atoms with Crippen molar-refractivity contribution in [2.75, 3.05) is 26.0 Å². The maximum absolute atomic E-state index is 13.1. The average molecular weight is 432 g/mol. The Morgan fingerprint density at radius 1 is 1.24 bits per heavy atom. The van der Waals surface area contributed by atoms with Crippen LogP contribution < -0.4 is 10.9 Å². The molecular formula is C21H22ClN3O3S. The van der Waals surface area contributed by atoms with E-state index in [4.69, 9.17) is 16.3 Å². The number of aromatic nitrogens is 2. The summed E-state index contributed by atoms with van der Waals surface area (Å²) in [5.74, 6) is 0.643. The van der Waals surface area contributed by atoms with Crippen LogP contribution in [0.2, 0.25) is 5.02 Å². The van der Waals surface area contributed by atoms with Gasteiger partial charge in [-0.25, -0.2) is 4.98 Å². The molecule has 0 fully saturated rings. The molecule has 0 aliphatic rings. The number of nitrogens with one attached hydrogen (secondary N) is 1. The van der Waals surface area contributed by atoms with Crippen LogP contribution in [0.25, 0.3) is 16.6 Å². The minimum Gasteiger partial charge on any atom is -0.383 e. The van der Waals surface area contributed by atoms with Gasteiger partial charge in [0.1, 0.15) is 0 Å². The van der Waals surface area contributed by atoms with Gasteiger partial charge in [-0.2, -0.15) is 0 Å². The van der Waals surface area contributed by atoms with E-state index in [-0.39, 0.29) is 11.5 Å². The number of hydrogen-bond donors (Lipinski definition) is 1. The molecule has 1 amide bonds. The molecule has 3 aromatic rings. The molecule has 0 saturated heterocycles. The molecule has 0 spiro atoms. The van der Waals surface area contributed by atoms with Crippen molar-refractivity contribution in [3.8, 4) is 5.69 Å². The Morgan fingerprint density at radius 3 is 2.86 bits per heavy atom. The predicted octanol–water partition coefficient (Wildman–Crippen LogP) is 3.67. The van der Waals surface area contributed by atoms with E-state index in [9.17, 15) is 9.59 Å². The maximum Gasteiger partial charge on any atom is 0.266 e. The number of carbonyl (C=O) groups excluding carboxylic acids is 1. The topological polar surface area (TPSA) is 73.2 Å². The Morgan fingerprint density at radius 2 is 2.07 bits per heavy atom. The Kier molecular flexibility index (Phi) is 7.69. The number of rotatable bonds is 9. The molecule has 2 aromatic carbocycles. The number of hydrogen-bond acceptors (Lipinski definition) is 5. The van der Waals surface area contributed by atoms with Crippen molar-refractivity contribution in [1.82, 2.24) is 14.9 Å². The lowest BCUT2D eigenvalue weighted by molar-refractivity contribution is -0.121. The first-order valence-corrected chi connectivity index (χ1v) is 10.6. The van der Waals surface area contributed by atoms with Crippen molar-refractivity contribution in [2.24, 2.45) is 0 Å². The number of nitrogens with zero attached hydrogens (tertiary/aromatic N) is 2. The van der Waals surface area contributed by atoms with Crippen molar-refractivity contribution in [2.45, 2.75) is 18.0 Å². The van der Waals surface area contributed by atoms with Gasteiger partial charge in [0.25, 0.3) is 5.56 Å².